The lowest BCUT2D eigenvalue weighted by Gasteiger charge is -2.10. The summed E-state index contributed by atoms with van der Waals surface area (Å²) in [4.78, 5) is 35.6. The number of nitrogens with one attached hydrogen (secondary N) is 2. The Morgan fingerprint density at radius 2 is 1.96 bits per heavy atom. The maximum atomic E-state index is 12.1. The molecule has 0 aliphatic heterocycles. The molecular formula is C17H16N2O5. The van der Waals surface area contributed by atoms with Crippen LogP contribution >= 0.6 is 0 Å². The number of amides is 2. The third-order valence-electron chi connectivity index (χ3n) is 2.92. The first-order valence-corrected chi connectivity index (χ1v) is 7.10. The third kappa shape index (κ3) is 4.57. The van der Waals surface area contributed by atoms with E-state index in [0.29, 0.717) is 0 Å². The van der Waals surface area contributed by atoms with Crippen LogP contribution in [0.5, 0.6) is 0 Å². The fourth-order valence-corrected chi connectivity index (χ4v) is 1.81. The van der Waals surface area contributed by atoms with E-state index in [-0.39, 0.29) is 23.6 Å². The van der Waals surface area contributed by atoms with Crippen LogP contribution in [0.4, 0.5) is 5.69 Å². The molecule has 2 amide bonds. The zero-order chi connectivity index (χ0) is 17.4. The van der Waals surface area contributed by atoms with Crippen molar-refractivity contribution in [1.29, 1.82) is 0 Å². The Morgan fingerprint density at radius 3 is 2.67 bits per heavy atom. The summed E-state index contributed by atoms with van der Waals surface area (Å²) in [7, 11) is 0. The van der Waals surface area contributed by atoms with Gasteiger partial charge in [-0.2, -0.15) is 0 Å². The molecule has 0 atom stereocenters. The molecule has 0 aliphatic carbocycles. The molecule has 0 fully saturated rings. The molecule has 2 N–H and O–H groups in total. The fraction of sp³-hybridized carbons (Fsp3) is 0.118. The zero-order valence-corrected chi connectivity index (χ0v) is 12.8. The Morgan fingerprint density at radius 1 is 1.17 bits per heavy atom. The molecule has 7 nitrogen and oxygen atoms in total. The van der Waals surface area contributed by atoms with Gasteiger partial charge in [-0.15, -0.1) is 6.58 Å². The molecule has 2 rings (SSSR count). The van der Waals surface area contributed by atoms with E-state index in [9.17, 15) is 14.4 Å². The van der Waals surface area contributed by atoms with Crippen LogP contribution in [0, 0.1) is 0 Å². The highest BCUT2D eigenvalue weighted by Crippen LogP contribution is 2.17. The smallest absolute Gasteiger partial charge is 0.340 e. The normalized spacial score (nSPS) is 9.83. The standard InChI is InChI=1S/C17H16N2O5/c1-2-9-18-15(20)11-24-17(22)12-6-3-4-7-13(12)19-16(21)14-8-5-10-23-14/h2-8,10H,1,9,11H2,(H,18,20)(H,19,21). The van der Waals surface area contributed by atoms with Gasteiger partial charge in [0.2, 0.25) is 0 Å². The lowest BCUT2D eigenvalue weighted by Crippen LogP contribution is -2.29. The highest BCUT2D eigenvalue weighted by Gasteiger charge is 2.17. The summed E-state index contributed by atoms with van der Waals surface area (Å²) in [6.07, 6.45) is 2.89. The second kappa shape index (κ2) is 8.33. The summed E-state index contributed by atoms with van der Waals surface area (Å²) < 4.78 is 9.93. The van der Waals surface area contributed by atoms with E-state index in [4.69, 9.17) is 9.15 Å². The molecule has 0 aliphatic rings. The molecule has 0 unspecified atom stereocenters. The minimum Gasteiger partial charge on any atom is -0.459 e. The molecule has 24 heavy (non-hydrogen) atoms. The van der Waals surface area contributed by atoms with Crippen molar-refractivity contribution in [2.75, 3.05) is 18.5 Å². The SMILES string of the molecule is C=CCNC(=O)COC(=O)c1ccccc1NC(=O)c1ccco1. The van der Waals surface area contributed by atoms with Gasteiger partial charge in [-0.3, -0.25) is 9.59 Å². The lowest BCUT2D eigenvalue weighted by molar-refractivity contribution is -0.124. The van der Waals surface area contributed by atoms with E-state index in [1.807, 2.05) is 0 Å². The van der Waals surface area contributed by atoms with Crippen LogP contribution in [-0.2, 0) is 9.53 Å². The number of furan rings is 1. The summed E-state index contributed by atoms with van der Waals surface area (Å²) >= 11 is 0. The van der Waals surface area contributed by atoms with Crippen molar-refractivity contribution in [3.05, 3.63) is 66.6 Å². The van der Waals surface area contributed by atoms with Gasteiger partial charge in [0.15, 0.2) is 12.4 Å². The molecule has 1 heterocycles. The number of para-hydroxylation sites is 1. The van der Waals surface area contributed by atoms with E-state index >= 15 is 0 Å². The van der Waals surface area contributed by atoms with Crippen molar-refractivity contribution >= 4 is 23.5 Å². The van der Waals surface area contributed by atoms with E-state index in [0.717, 1.165) is 0 Å². The molecule has 0 saturated heterocycles. The quantitative estimate of drug-likeness (QED) is 0.598. The Balaban J connectivity index is 2.02. The van der Waals surface area contributed by atoms with Gasteiger partial charge in [0.25, 0.3) is 11.8 Å². The Hall–Kier alpha value is -3.35. The molecule has 0 saturated carbocycles. The van der Waals surface area contributed by atoms with E-state index < -0.39 is 24.4 Å². The number of esters is 1. The van der Waals surface area contributed by atoms with Gasteiger partial charge in [0.1, 0.15) is 0 Å². The first-order valence-electron chi connectivity index (χ1n) is 7.10. The van der Waals surface area contributed by atoms with Gasteiger partial charge in [-0.25, -0.2) is 4.79 Å². The summed E-state index contributed by atoms with van der Waals surface area (Å²) in [5, 5.41) is 5.06. The molecule has 0 spiro atoms. The topological polar surface area (TPSA) is 97.6 Å². The fourth-order valence-electron chi connectivity index (χ4n) is 1.81. The molecular weight excluding hydrogens is 312 g/mol. The molecule has 2 aromatic rings. The predicted octanol–water partition coefficient (Wildman–Crippen LogP) is 1.99. The zero-order valence-electron chi connectivity index (χ0n) is 12.8. The largest absolute Gasteiger partial charge is 0.459 e. The Labute approximate surface area is 138 Å². The van der Waals surface area contributed by atoms with Crippen molar-refractivity contribution in [2.24, 2.45) is 0 Å². The first-order chi connectivity index (χ1) is 11.6. The van der Waals surface area contributed by atoms with Crippen LogP contribution in [0.3, 0.4) is 0 Å². The monoisotopic (exact) mass is 328 g/mol. The van der Waals surface area contributed by atoms with Gasteiger partial charge in [-0.1, -0.05) is 18.2 Å². The summed E-state index contributed by atoms with van der Waals surface area (Å²) in [6, 6.07) is 9.40. The molecule has 1 aromatic carbocycles. The molecule has 124 valence electrons. The lowest BCUT2D eigenvalue weighted by atomic mass is 10.1. The molecule has 0 radical (unpaired) electrons. The van der Waals surface area contributed by atoms with Crippen LogP contribution < -0.4 is 10.6 Å². The molecule has 0 bridgehead atoms. The second-order valence-corrected chi connectivity index (χ2v) is 4.65. The van der Waals surface area contributed by atoms with Crippen molar-refractivity contribution in [2.45, 2.75) is 0 Å². The van der Waals surface area contributed by atoms with E-state index in [2.05, 4.69) is 17.2 Å². The van der Waals surface area contributed by atoms with E-state index in [1.165, 1.54) is 24.5 Å². The number of hydrogen-bond acceptors (Lipinski definition) is 5. The second-order valence-electron chi connectivity index (χ2n) is 4.65. The van der Waals surface area contributed by atoms with E-state index in [1.54, 1.807) is 24.3 Å². The number of carbonyl (C=O) groups excluding carboxylic acids is 3. The molecule has 1 aromatic heterocycles. The van der Waals surface area contributed by atoms with Gasteiger partial charge in [-0.05, 0) is 24.3 Å². The summed E-state index contributed by atoms with van der Waals surface area (Å²) in [5.74, 6) is -1.55. The van der Waals surface area contributed by atoms with Crippen molar-refractivity contribution in [3.63, 3.8) is 0 Å². The number of benzene rings is 1. The average molecular weight is 328 g/mol. The predicted molar refractivity (Wildman–Crippen MR) is 86.6 cm³/mol. The number of ether oxygens (including phenoxy) is 1. The van der Waals surface area contributed by atoms with Crippen molar-refractivity contribution < 1.29 is 23.5 Å². The Bertz CT molecular complexity index is 737. The maximum absolute atomic E-state index is 12.1. The van der Waals surface area contributed by atoms with Gasteiger partial charge >= 0.3 is 5.97 Å². The van der Waals surface area contributed by atoms with Crippen LogP contribution in [-0.4, -0.2) is 30.9 Å². The average Bonchev–Trinajstić information content (AvgIpc) is 3.13. The van der Waals surface area contributed by atoms with Crippen LogP contribution in [0.2, 0.25) is 0 Å². The number of hydrogen-bond donors (Lipinski definition) is 2. The van der Waals surface area contributed by atoms with Gasteiger partial charge in [0.05, 0.1) is 17.5 Å². The van der Waals surface area contributed by atoms with Crippen LogP contribution in [0.25, 0.3) is 0 Å². The van der Waals surface area contributed by atoms with Crippen LogP contribution in [0.15, 0.2) is 59.7 Å². The number of anilines is 1. The van der Waals surface area contributed by atoms with Crippen LogP contribution in [0.1, 0.15) is 20.9 Å². The van der Waals surface area contributed by atoms with Gasteiger partial charge < -0.3 is 19.8 Å². The minimum atomic E-state index is -0.723. The van der Waals surface area contributed by atoms with Crippen molar-refractivity contribution in [3.8, 4) is 0 Å². The summed E-state index contributed by atoms with van der Waals surface area (Å²) in [5.41, 5.74) is 0.393. The van der Waals surface area contributed by atoms with Gasteiger partial charge in [0, 0.05) is 6.54 Å². The highest BCUT2D eigenvalue weighted by molar-refractivity contribution is 6.06. The Kier molecular flexibility index (Phi) is 5.90. The molecule has 7 heteroatoms. The third-order valence-corrected chi connectivity index (χ3v) is 2.92. The number of carbonyl (C=O) groups is 3. The first kappa shape index (κ1) is 17.0. The number of rotatable bonds is 7. The minimum absolute atomic E-state index is 0.113. The highest BCUT2D eigenvalue weighted by atomic mass is 16.5. The van der Waals surface area contributed by atoms with Crippen molar-refractivity contribution in [1.82, 2.24) is 5.32 Å². The summed E-state index contributed by atoms with van der Waals surface area (Å²) in [6.45, 7) is 3.33. The maximum Gasteiger partial charge on any atom is 0.340 e.